The van der Waals surface area contributed by atoms with E-state index < -0.39 is 49.2 Å². The van der Waals surface area contributed by atoms with Crippen molar-refractivity contribution in [3.05, 3.63) is 39.8 Å². The summed E-state index contributed by atoms with van der Waals surface area (Å²) in [6.07, 6.45) is -7.21. The van der Waals surface area contributed by atoms with Gasteiger partial charge in [-0.1, -0.05) is 40.2 Å². The van der Waals surface area contributed by atoms with Crippen molar-refractivity contribution < 1.29 is 32.9 Å². The fourth-order valence-electron chi connectivity index (χ4n) is 3.46. The third-order valence-electron chi connectivity index (χ3n) is 5.01. The van der Waals surface area contributed by atoms with E-state index in [1.165, 1.54) is 34.3 Å². The van der Waals surface area contributed by atoms with E-state index in [1.807, 2.05) is 0 Å². The number of benzene rings is 1. The Morgan fingerprint density at radius 2 is 2.03 bits per heavy atom. The number of thioether (sulfide) groups is 1. The molecule has 0 radical (unpaired) electrons. The van der Waals surface area contributed by atoms with E-state index in [0.717, 1.165) is 11.8 Å². The third-order valence-corrected chi connectivity index (χ3v) is 7.56. The van der Waals surface area contributed by atoms with Gasteiger partial charge in [0.2, 0.25) is 0 Å². The van der Waals surface area contributed by atoms with Gasteiger partial charge in [0.15, 0.2) is 5.13 Å². The average Bonchev–Trinajstić information content (AvgIpc) is 3.44. The SMILES string of the molecule is Nc1nc(-c2cn(C3C(OCC(F)(F)F)[C@@H](Sc4ccc(Cl)c(Cl)c4)OC(CO)[C@@H]3O)nn2)cs1. The predicted octanol–water partition coefficient (Wildman–Crippen LogP) is 3.65. The zero-order valence-corrected chi connectivity index (χ0v) is 20.6. The van der Waals surface area contributed by atoms with Crippen LogP contribution in [0.3, 0.4) is 0 Å². The molecule has 5 atom stereocenters. The van der Waals surface area contributed by atoms with E-state index >= 15 is 0 Å². The molecule has 9 nitrogen and oxygen atoms in total. The highest BCUT2D eigenvalue weighted by atomic mass is 35.5. The number of nitrogens with zero attached hydrogens (tertiary/aromatic N) is 4. The van der Waals surface area contributed by atoms with Gasteiger partial charge in [0.25, 0.3) is 0 Å². The van der Waals surface area contributed by atoms with Gasteiger partial charge < -0.3 is 25.4 Å². The molecule has 0 saturated carbocycles. The number of anilines is 1. The molecule has 1 aliphatic rings. The number of aliphatic hydroxyl groups is 2. The molecule has 3 heterocycles. The van der Waals surface area contributed by atoms with Crippen LogP contribution in [0.1, 0.15) is 6.04 Å². The molecule has 1 aliphatic heterocycles. The number of aliphatic hydroxyl groups excluding tert-OH is 2. The van der Waals surface area contributed by atoms with Crippen LogP contribution in [-0.2, 0) is 9.47 Å². The second-order valence-corrected chi connectivity index (χ2v) is 10.3. The van der Waals surface area contributed by atoms with E-state index in [1.54, 1.807) is 11.4 Å². The molecule has 1 fully saturated rings. The van der Waals surface area contributed by atoms with Crippen LogP contribution in [0.5, 0.6) is 0 Å². The lowest BCUT2D eigenvalue weighted by atomic mass is 9.97. The topological polar surface area (TPSA) is 129 Å². The lowest BCUT2D eigenvalue weighted by Gasteiger charge is -2.43. The molecule has 190 valence electrons. The Morgan fingerprint density at radius 3 is 2.66 bits per heavy atom. The predicted molar refractivity (Wildman–Crippen MR) is 124 cm³/mol. The maximum Gasteiger partial charge on any atom is 0.411 e. The fraction of sp³-hybridized carbons (Fsp3) is 0.421. The first-order valence-corrected chi connectivity index (χ1v) is 12.4. The van der Waals surface area contributed by atoms with Crippen LogP contribution in [0.15, 0.2) is 34.7 Å². The number of hydrogen-bond donors (Lipinski definition) is 3. The molecule has 4 rings (SSSR count). The number of ether oxygens (including phenoxy) is 2. The van der Waals surface area contributed by atoms with E-state index in [9.17, 15) is 23.4 Å². The number of alkyl halides is 3. The van der Waals surface area contributed by atoms with Gasteiger partial charge in [-0.3, -0.25) is 0 Å². The Hall–Kier alpha value is -1.65. The van der Waals surface area contributed by atoms with Crippen LogP contribution in [0.25, 0.3) is 11.4 Å². The Balaban J connectivity index is 1.70. The van der Waals surface area contributed by atoms with E-state index in [2.05, 4.69) is 15.3 Å². The summed E-state index contributed by atoms with van der Waals surface area (Å²) in [6.45, 7) is -2.21. The fourth-order valence-corrected chi connectivity index (χ4v) is 5.55. The van der Waals surface area contributed by atoms with Crippen LogP contribution in [-0.4, -0.2) is 73.3 Å². The summed E-state index contributed by atoms with van der Waals surface area (Å²) < 4.78 is 51.5. The van der Waals surface area contributed by atoms with Crippen LogP contribution in [0.4, 0.5) is 18.3 Å². The highest BCUT2D eigenvalue weighted by molar-refractivity contribution is 7.99. The molecular formula is C19H18Cl2F3N5O4S2. The van der Waals surface area contributed by atoms with Crippen molar-refractivity contribution in [1.82, 2.24) is 20.0 Å². The number of aromatic nitrogens is 4. The van der Waals surface area contributed by atoms with E-state index in [4.69, 9.17) is 38.4 Å². The van der Waals surface area contributed by atoms with Gasteiger partial charge in [-0.15, -0.1) is 16.4 Å². The van der Waals surface area contributed by atoms with Crippen LogP contribution < -0.4 is 5.73 Å². The highest BCUT2D eigenvalue weighted by Gasteiger charge is 2.49. The first kappa shape index (κ1) is 26.4. The van der Waals surface area contributed by atoms with Crippen LogP contribution in [0.2, 0.25) is 10.0 Å². The molecule has 1 aromatic carbocycles. The maximum absolute atomic E-state index is 13.1. The minimum absolute atomic E-state index is 0.235. The summed E-state index contributed by atoms with van der Waals surface area (Å²) >= 11 is 14.2. The van der Waals surface area contributed by atoms with Gasteiger partial charge in [-0.05, 0) is 18.2 Å². The van der Waals surface area contributed by atoms with Crippen molar-refractivity contribution in [1.29, 1.82) is 0 Å². The first-order valence-electron chi connectivity index (χ1n) is 9.93. The molecule has 4 N–H and O–H groups in total. The van der Waals surface area contributed by atoms with Crippen molar-refractivity contribution in [3.63, 3.8) is 0 Å². The summed E-state index contributed by atoms with van der Waals surface area (Å²) in [6, 6.07) is 3.46. The second-order valence-electron chi connectivity index (χ2n) is 7.45. The number of rotatable bonds is 7. The average molecular weight is 572 g/mol. The zero-order valence-electron chi connectivity index (χ0n) is 17.5. The summed E-state index contributed by atoms with van der Waals surface area (Å²) in [5.41, 5.74) is 5.27. The Kier molecular flexibility index (Phi) is 8.12. The Morgan fingerprint density at radius 1 is 1.26 bits per heavy atom. The summed E-state index contributed by atoms with van der Waals surface area (Å²) in [5.74, 6) is 0. The van der Waals surface area contributed by atoms with E-state index in [-0.39, 0.29) is 5.02 Å². The smallest absolute Gasteiger partial charge is 0.394 e. The second kappa shape index (κ2) is 10.8. The van der Waals surface area contributed by atoms with Gasteiger partial charge in [0.05, 0.1) is 22.8 Å². The third kappa shape index (κ3) is 6.20. The van der Waals surface area contributed by atoms with Gasteiger partial charge in [-0.2, -0.15) is 13.2 Å². The minimum Gasteiger partial charge on any atom is -0.394 e. The van der Waals surface area contributed by atoms with Gasteiger partial charge >= 0.3 is 6.18 Å². The molecule has 3 aromatic rings. The number of thiazole rings is 1. The molecule has 0 aliphatic carbocycles. The van der Waals surface area contributed by atoms with Crippen molar-refractivity contribution >= 4 is 51.4 Å². The molecule has 3 unspecified atom stereocenters. The van der Waals surface area contributed by atoms with Gasteiger partial charge in [-0.25, -0.2) is 9.67 Å². The monoisotopic (exact) mass is 571 g/mol. The number of hydrogen-bond acceptors (Lipinski definition) is 10. The molecule has 35 heavy (non-hydrogen) atoms. The van der Waals surface area contributed by atoms with Gasteiger partial charge in [0, 0.05) is 10.3 Å². The minimum atomic E-state index is -4.65. The largest absolute Gasteiger partial charge is 0.411 e. The Labute approximate surface area is 214 Å². The highest BCUT2D eigenvalue weighted by Crippen LogP contribution is 2.41. The molecular weight excluding hydrogens is 554 g/mol. The number of halogens is 5. The first-order chi connectivity index (χ1) is 16.6. The lowest BCUT2D eigenvalue weighted by Crippen LogP contribution is -2.56. The molecule has 16 heteroatoms. The van der Waals surface area contributed by atoms with Gasteiger partial charge in [0.1, 0.15) is 47.8 Å². The summed E-state index contributed by atoms with van der Waals surface area (Å²) in [5, 5.41) is 31.2. The molecule has 0 bridgehead atoms. The van der Waals surface area contributed by atoms with Crippen molar-refractivity contribution in [3.8, 4) is 11.4 Å². The molecule has 0 amide bonds. The number of nitrogen functional groups attached to an aromatic ring is 1. The zero-order chi connectivity index (χ0) is 25.3. The van der Waals surface area contributed by atoms with Crippen molar-refractivity contribution in [2.75, 3.05) is 18.9 Å². The van der Waals surface area contributed by atoms with Crippen LogP contribution >= 0.6 is 46.3 Å². The quantitative estimate of drug-likeness (QED) is 0.389. The van der Waals surface area contributed by atoms with Crippen molar-refractivity contribution in [2.24, 2.45) is 0 Å². The normalized spacial score (nSPS) is 25.2. The number of nitrogens with two attached hydrogens (primary N) is 1. The molecule has 1 saturated heterocycles. The van der Waals surface area contributed by atoms with Crippen LogP contribution in [0, 0.1) is 0 Å². The van der Waals surface area contributed by atoms with Crippen molar-refractivity contribution in [2.45, 2.75) is 40.9 Å². The molecule has 0 spiro atoms. The lowest BCUT2D eigenvalue weighted by molar-refractivity contribution is -0.233. The Bertz CT molecular complexity index is 1170. The molecule has 2 aromatic heterocycles. The standard InChI is InChI=1S/C19H18Cl2F3N5O4S2/c20-9-2-1-8(3-10(9)21)35-17-16(32-7-19(22,23)24)14(15(31)13(5-30)33-17)29-4-11(27-28-29)12-6-34-18(25)26-12/h1-4,6,13-17,30-31H,5,7H2,(H2,25,26)/t13?,14?,15-,16?,17+/m0/s1. The maximum atomic E-state index is 13.1. The van der Waals surface area contributed by atoms with E-state index in [0.29, 0.717) is 26.4 Å². The summed E-state index contributed by atoms with van der Waals surface area (Å²) in [4.78, 5) is 4.63. The summed E-state index contributed by atoms with van der Waals surface area (Å²) in [7, 11) is 0.